The number of aliphatic imine (C=N–C) groups is 1. The molecule has 0 fully saturated rings. The van der Waals surface area contributed by atoms with Gasteiger partial charge in [-0.25, -0.2) is 4.99 Å². The minimum absolute atomic E-state index is 0.0760. The van der Waals surface area contributed by atoms with Crippen LogP contribution >= 0.6 is 24.0 Å². The van der Waals surface area contributed by atoms with Gasteiger partial charge in [-0.1, -0.05) is 12.1 Å². The number of rotatable bonds is 4. The minimum Gasteiger partial charge on any atom is -0.317 e. The van der Waals surface area contributed by atoms with Crippen LogP contribution in [0.4, 0.5) is 11.5 Å². The molecule has 0 bridgehead atoms. The molecule has 0 atom stereocenters. The Bertz CT molecular complexity index is 993. The van der Waals surface area contributed by atoms with E-state index in [1.54, 1.807) is 0 Å². The molecule has 2 aromatic rings. The number of Topliss-reactive ketones (excluding diaryl/α,β-unsaturated/α-hetero) is 1. The standard InChI is InChI=1S/C14H10N4O4S2/c19-10(7-2-1-3-8(4-7)18(21)22)6-24-11-5-9-12(15-11)16-14(23)17-13(9)20/h1-4H,5-6H2,(H2,16,17,20,23). The number of ketones is 1. The average Bonchev–Trinajstić information content (AvgIpc) is 2.96. The van der Waals surface area contributed by atoms with Gasteiger partial charge in [0, 0.05) is 24.1 Å². The summed E-state index contributed by atoms with van der Waals surface area (Å²) in [5, 5.41) is 11.4. The van der Waals surface area contributed by atoms with Gasteiger partial charge in [-0.3, -0.25) is 24.7 Å². The molecule has 0 aliphatic carbocycles. The Hall–Kier alpha value is -2.59. The van der Waals surface area contributed by atoms with E-state index in [2.05, 4.69) is 15.0 Å². The van der Waals surface area contributed by atoms with Gasteiger partial charge in [0.05, 0.1) is 21.3 Å². The fourth-order valence-electron chi connectivity index (χ4n) is 2.18. The van der Waals surface area contributed by atoms with Crippen LogP contribution in [0.2, 0.25) is 0 Å². The van der Waals surface area contributed by atoms with E-state index in [0.717, 1.165) is 0 Å². The summed E-state index contributed by atoms with van der Waals surface area (Å²) < 4.78 is 0.196. The molecule has 0 unspecified atom stereocenters. The Morgan fingerprint density at radius 2 is 2.21 bits per heavy atom. The number of nitrogens with zero attached hydrogens (tertiary/aromatic N) is 2. The third-order valence-corrected chi connectivity index (χ3v) is 4.51. The number of aromatic amines is 2. The van der Waals surface area contributed by atoms with Gasteiger partial charge >= 0.3 is 0 Å². The normalized spacial score (nSPS) is 12.6. The van der Waals surface area contributed by atoms with E-state index in [1.165, 1.54) is 36.0 Å². The van der Waals surface area contributed by atoms with Gasteiger partial charge in [-0.15, -0.1) is 11.8 Å². The Balaban J connectivity index is 1.70. The lowest BCUT2D eigenvalue weighted by Crippen LogP contribution is -2.13. The molecule has 10 heteroatoms. The van der Waals surface area contributed by atoms with Gasteiger partial charge < -0.3 is 4.98 Å². The van der Waals surface area contributed by atoms with Crippen molar-refractivity contribution in [1.29, 1.82) is 0 Å². The molecule has 8 nitrogen and oxygen atoms in total. The van der Waals surface area contributed by atoms with Crippen molar-refractivity contribution in [3.8, 4) is 0 Å². The summed E-state index contributed by atoms with van der Waals surface area (Å²) in [7, 11) is 0. The van der Waals surface area contributed by atoms with Gasteiger partial charge in [0.1, 0.15) is 5.82 Å². The summed E-state index contributed by atoms with van der Waals surface area (Å²) in [6.45, 7) is 0. The molecule has 122 valence electrons. The number of non-ortho nitro benzene ring substituents is 1. The van der Waals surface area contributed by atoms with Crippen LogP contribution in [0, 0.1) is 14.9 Å². The van der Waals surface area contributed by atoms with Gasteiger partial charge in [-0.05, 0) is 12.2 Å². The van der Waals surface area contributed by atoms with E-state index in [4.69, 9.17) is 12.2 Å². The van der Waals surface area contributed by atoms with E-state index < -0.39 is 4.92 Å². The summed E-state index contributed by atoms with van der Waals surface area (Å²) in [5.41, 5.74) is 0.327. The van der Waals surface area contributed by atoms with Gasteiger partial charge in [-0.2, -0.15) is 0 Å². The Morgan fingerprint density at radius 1 is 1.42 bits per heavy atom. The molecule has 1 aromatic heterocycles. The van der Waals surface area contributed by atoms with Crippen molar-refractivity contribution in [3.05, 3.63) is 60.6 Å². The van der Waals surface area contributed by atoms with Crippen LogP contribution in [0.1, 0.15) is 15.9 Å². The molecule has 0 saturated heterocycles. The Labute approximate surface area is 144 Å². The highest BCUT2D eigenvalue weighted by Crippen LogP contribution is 2.26. The van der Waals surface area contributed by atoms with Crippen LogP contribution < -0.4 is 5.56 Å². The molecule has 3 rings (SSSR count). The number of benzene rings is 1. The van der Waals surface area contributed by atoms with Crippen LogP contribution in [0.5, 0.6) is 0 Å². The lowest BCUT2D eigenvalue weighted by Gasteiger charge is -2.01. The number of hydrogen-bond donors (Lipinski definition) is 2. The Kier molecular flexibility index (Phi) is 4.40. The maximum absolute atomic E-state index is 12.2. The highest BCUT2D eigenvalue weighted by atomic mass is 32.2. The van der Waals surface area contributed by atoms with Gasteiger partial charge in [0.25, 0.3) is 11.2 Å². The van der Waals surface area contributed by atoms with Crippen LogP contribution in [0.25, 0.3) is 0 Å². The first-order valence-electron chi connectivity index (χ1n) is 6.77. The number of nitro benzene ring substituents is 1. The molecule has 2 N–H and O–H groups in total. The van der Waals surface area contributed by atoms with Crippen molar-refractivity contribution in [2.45, 2.75) is 6.42 Å². The van der Waals surface area contributed by atoms with E-state index in [0.29, 0.717) is 22.8 Å². The predicted octanol–water partition coefficient (Wildman–Crippen LogP) is 2.54. The third kappa shape index (κ3) is 3.34. The molecule has 0 saturated carbocycles. The second kappa shape index (κ2) is 6.49. The number of nitro groups is 1. The topological polar surface area (TPSA) is 121 Å². The quantitative estimate of drug-likeness (QED) is 0.373. The molecule has 2 heterocycles. The highest BCUT2D eigenvalue weighted by Gasteiger charge is 2.20. The van der Waals surface area contributed by atoms with Crippen LogP contribution in [-0.4, -0.2) is 31.5 Å². The summed E-state index contributed by atoms with van der Waals surface area (Å²) in [4.78, 5) is 43.7. The first-order valence-corrected chi connectivity index (χ1v) is 8.17. The second-order valence-corrected chi connectivity index (χ2v) is 6.39. The van der Waals surface area contributed by atoms with Gasteiger partial charge in [0.15, 0.2) is 10.6 Å². The van der Waals surface area contributed by atoms with E-state index in [-0.39, 0.29) is 33.1 Å². The third-order valence-electron chi connectivity index (χ3n) is 3.33. The Morgan fingerprint density at radius 3 is 2.96 bits per heavy atom. The first-order chi connectivity index (χ1) is 11.4. The summed E-state index contributed by atoms with van der Waals surface area (Å²) in [5.74, 6) is 0.241. The number of nitrogens with one attached hydrogen (secondary N) is 2. The molecule has 0 amide bonds. The monoisotopic (exact) mass is 362 g/mol. The number of carbonyl (C=O) groups is 1. The number of hydrogen-bond acceptors (Lipinski definition) is 7. The largest absolute Gasteiger partial charge is 0.317 e. The average molecular weight is 362 g/mol. The lowest BCUT2D eigenvalue weighted by atomic mass is 10.1. The molecule has 0 spiro atoms. The van der Waals surface area contributed by atoms with Crippen molar-refractivity contribution < 1.29 is 9.72 Å². The second-order valence-electron chi connectivity index (χ2n) is 4.94. The van der Waals surface area contributed by atoms with Crippen LogP contribution in [0.15, 0.2) is 34.1 Å². The molecule has 0 radical (unpaired) electrons. The number of carbonyl (C=O) groups excluding carboxylic acids is 1. The van der Waals surface area contributed by atoms with Crippen molar-refractivity contribution in [3.63, 3.8) is 0 Å². The van der Waals surface area contributed by atoms with E-state index in [1.807, 2.05) is 0 Å². The van der Waals surface area contributed by atoms with E-state index >= 15 is 0 Å². The van der Waals surface area contributed by atoms with Crippen molar-refractivity contribution in [1.82, 2.24) is 9.97 Å². The van der Waals surface area contributed by atoms with Crippen LogP contribution in [0.3, 0.4) is 0 Å². The summed E-state index contributed by atoms with van der Waals surface area (Å²) >= 11 is 6.08. The molecular formula is C14H10N4O4S2. The maximum atomic E-state index is 12.2. The van der Waals surface area contributed by atoms with Crippen molar-refractivity contribution in [2.24, 2.45) is 4.99 Å². The highest BCUT2D eigenvalue weighted by molar-refractivity contribution is 8.14. The zero-order valence-corrected chi connectivity index (χ0v) is 13.7. The summed E-state index contributed by atoms with van der Waals surface area (Å²) in [6, 6.07) is 5.58. The number of H-pyrrole nitrogens is 2. The lowest BCUT2D eigenvalue weighted by molar-refractivity contribution is -0.384. The number of fused-ring (bicyclic) bond motifs is 1. The predicted molar refractivity (Wildman–Crippen MR) is 92.9 cm³/mol. The molecule has 1 aliphatic heterocycles. The molecular weight excluding hydrogens is 352 g/mol. The zero-order chi connectivity index (χ0) is 17.3. The van der Waals surface area contributed by atoms with Gasteiger partial charge in [0.2, 0.25) is 0 Å². The number of aromatic nitrogens is 2. The fourth-order valence-corrected chi connectivity index (χ4v) is 3.24. The minimum atomic E-state index is -0.546. The number of thioether (sulfide) groups is 1. The summed E-state index contributed by atoms with van der Waals surface area (Å²) in [6.07, 6.45) is 0.323. The smallest absolute Gasteiger partial charge is 0.270 e. The molecule has 1 aromatic carbocycles. The van der Waals surface area contributed by atoms with Crippen molar-refractivity contribution >= 4 is 46.3 Å². The van der Waals surface area contributed by atoms with Crippen molar-refractivity contribution in [2.75, 3.05) is 5.75 Å². The van der Waals surface area contributed by atoms with E-state index in [9.17, 15) is 19.7 Å². The molecule has 24 heavy (non-hydrogen) atoms. The maximum Gasteiger partial charge on any atom is 0.270 e. The molecule has 1 aliphatic rings. The SMILES string of the molecule is O=C(CSC1=Nc2[nH]c(=S)[nH]c(=O)c2C1)c1cccc([N+](=O)[O-])c1. The fraction of sp³-hybridized carbons (Fsp3) is 0.143. The zero-order valence-electron chi connectivity index (χ0n) is 12.1. The van der Waals surface area contributed by atoms with Crippen LogP contribution in [-0.2, 0) is 6.42 Å². The first kappa shape index (κ1) is 16.3.